The van der Waals surface area contributed by atoms with Crippen molar-refractivity contribution >= 4 is 21.9 Å². The Hall–Kier alpha value is -2.67. The van der Waals surface area contributed by atoms with Crippen molar-refractivity contribution in [1.82, 2.24) is 10.2 Å². The average Bonchev–Trinajstić information content (AvgIpc) is 3.09. The van der Waals surface area contributed by atoms with Gasteiger partial charge in [0.05, 0.1) is 12.7 Å². The maximum atomic E-state index is 12.0. The second-order valence-corrected chi connectivity index (χ2v) is 5.64. The van der Waals surface area contributed by atoms with E-state index in [1.165, 1.54) is 0 Å². The highest BCUT2D eigenvalue weighted by molar-refractivity contribution is 9.10. The Bertz CT molecular complexity index is 846. The molecule has 24 heavy (non-hydrogen) atoms. The third-order valence-corrected chi connectivity index (χ3v) is 3.92. The molecule has 7 heteroatoms. The van der Waals surface area contributed by atoms with Gasteiger partial charge in [-0.15, -0.1) is 10.2 Å². The van der Waals surface area contributed by atoms with Crippen molar-refractivity contribution in [3.63, 3.8) is 0 Å². The van der Waals surface area contributed by atoms with Gasteiger partial charge in [0.15, 0.2) is 6.61 Å². The molecule has 1 aromatic heterocycles. The molecule has 0 atom stereocenters. The van der Waals surface area contributed by atoms with E-state index in [1.54, 1.807) is 37.4 Å². The van der Waals surface area contributed by atoms with E-state index in [-0.39, 0.29) is 12.5 Å². The molecule has 0 unspecified atom stereocenters. The van der Waals surface area contributed by atoms with E-state index in [2.05, 4.69) is 26.1 Å². The summed E-state index contributed by atoms with van der Waals surface area (Å²) in [6.45, 7) is -0.0939. The minimum atomic E-state index is -0.466. The molecule has 0 saturated carbocycles. The van der Waals surface area contributed by atoms with Crippen LogP contribution in [0, 0.1) is 0 Å². The first-order chi connectivity index (χ1) is 11.7. The van der Waals surface area contributed by atoms with Gasteiger partial charge in [-0.2, -0.15) is 0 Å². The first-order valence-electron chi connectivity index (χ1n) is 7.06. The molecular weight excluding hydrogens is 376 g/mol. The second kappa shape index (κ2) is 7.27. The van der Waals surface area contributed by atoms with Gasteiger partial charge in [0.1, 0.15) is 5.75 Å². The molecule has 0 N–H and O–H groups in total. The van der Waals surface area contributed by atoms with E-state index in [9.17, 15) is 4.79 Å². The van der Waals surface area contributed by atoms with E-state index in [4.69, 9.17) is 13.9 Å². The van der Waals surface area contributed by atoms with Crippen LogP contribution >= 0.6 is 15.9 Å². The molecule has 6 nitrogen and oxygen atoms in total. The van der Waals surface area contributed by atoms with Crippen LogP contribution in [0.1, 0.15) is 16.2 Å². The molecule has 3 rings (SSSR count). The van der Waals surface area contributed by atoms with Crippen molar-refractivity contribution in [2.24, 2.45) is 0 Å². The number of hydrogen-bond donors (Lipinski definition) is 0. The van der Waals surface area contributed by atoms with E-state index in [1.807, 2.05) is 18.2 Å². The first kappa shape index (κ1) is 16.2. The number of carbonyl (C=O) groups excluding carboxylic acids is 1. The van der Waals surface area contributed by atoms with Crippen LogP contribution in [0.25, 0.3) is 11.5 Å². The van der Waals surface area contributed by atoms with Gasteiger partial charge in [0.2, 0.25) is 5.89 Å². The molecule has 0 saturated heterocycles. The molecular formula is C17H13BrN2O4. The summed E-state index contributed by atoms with van der Waals surface area (Å²) in [7, 11) is 1.60. The fraction of sp³-hybridized carbons (Fsp3) is 0.118. The van der Waals surface area contributed by atoms with Gasteiger partial charge >= 0.3 is 5.97 Å². The molecule has 0 aliphatic rings. The molecule has 0 aliphatic carbocycles. The molecule has 122 valence electrons. The maximum Gasteiger partial charge on any atom is 0.339 e. The number of benzene rings is 2. The zero-order valence-corrected chi connectivity index (χ0v) is 14.3. The Balaban J connectivity index is 1.66. The zero-order chi connectivity index (χ0) is 16.9. The average molecular weight is 389 g/mol. The minimum Gasteiger partial charge on any atom is -0.497 e. The second-order valence-electron chi connectivity index (χ2n) is 4.79. The number of hydrogen-bond acceptors (Lipinski definition) is 6. The Morgan fingerprint density at radius 2 is 1.88 bits per heavy atom. The fourth-order valence-corrected chi connectivity index (χ4v) is 2.44. The number of nitrogens with zero attached hydrogens (tertiary/aromatic N) is 2. The molecule has 0 radical (unpaired) electrons. The monoisotopic (exact) mass is 388 g/mol. The van der Waals surface area contributed by atoms with Gasteiger partial charge < -0.3 is 13.9 Å². The fourth-order valence-electron chi connectivity index (χ4n) is 1.99. The molecule has 1 heterocycles. The highest BCUT2D eigenvalue weighted by Crippen LogP contribution is 2.22. The molecule has 2 aromatic carbocycles. The quantitative estimate of drug-likeness (QED) is 0.617. The van der Waals surface area contributed by atoms with Crippen molar-refractivity contribution < 1.29 is 18.7 Å². The van der Waals surface area contributed by atoms with E-state index in [0.717, 1.165) is 11.3 Å². The lowest BCUT2D eigenvalue weighted by atomic mass is 10.2. The van der Waals surface area contributed by atoms with Crippen LogP contribution in [-0.2, 0) is 11.3 Å². The molecule has 0 aliphatic heterocycles. The van der Waals surface area contributed by atoms with Crippen molar-refractivity contribution in [1.29, 1.82) is 0 Å². The first-order valence-corrected chi connectivity index (χ1v) is 7.85. The molecule has 3 aromatic rings. The summed E-state index contributed by atoms with van der Waals surface area (Å²) < 4.78 is 16.5. The standard InChI is InChI=1S/C17H13BrN2O4/c1-22-12-8-6-11(7-9-12)16-20-19-15(24-16)10-23-17(21)13-4-2-3-5-14(13)18/h2-9H,10H2,1H3. The molecule has 0 fully saturated rings. The number of methoxy groups -OCH3 is 1. The van der Waals surface area contributed by atoms with Crippen LogP contribution < -0.4 is 4.74 Å². The van der Waals surface area contributed by atoms with Crippen LogP contribution in [0.3, 0.4) is 0 Å². The lowest BCUT2D eigenvalue weighted by molar-refractivity contribution is 0.0437. The number of rotatable bonds is 5. The predicted octanol–water partition coefficient (Wildman–Crippen LogP) is 3.86. The van der Waals surface area contributed by atoms with Crippen LogP contribution in [0.2, 0.25) is 0 Å². The summed E-state index contributed by atoms with van der Waals surface area (Å²) in [5.74, 6) is 0.846. The Morgan fingerprint density at radius 1 is 1.12 bits per heavy atom. The third-order valence-electron chi connectivity index (χ3n) is 3.22. The summed E-state index contributed by atoms with van der Waals surface area (Å²) in [5, 5.41) is 7.84. The maximum absolute atomic E-state index is 12.0. The van der Waals surface area contributed by atoms with Crippen molar-refractivity contribution in [3.8, 4) is 17.2 Å². The largest absolute Gasteiger partial charge is 0.497 e. The lowest BCUT2D eigenvalue weighted by Crippen LogP contribution is -2.06. The van der Waals surface area contributed by atoms with Crippen molar-refractivity contribution in [2.75, 3.05) is 7.11 Å². The van der Waals surface area contributed by atoms with Crippen molar-refractivity contribution in [3.05, 3.63) is 64.5 Å². The minimum absolute atomic E-state index is 0.0939. The number of aromatic nitrogens is 2. The van der Waals surface area contributed by atoms with Crippen LogP contribution in [0.15, 0.2) is 57.4 Å². The van der Waals surface area contributed by atoms with Crippen LogP contribution in [0.5, 0.6) is 5.75 Å². The van der Waals surface area contributed by atoms with E-state index in [0.29, 0.717) is 15.9 Å². The molecule has 0 amide bonds. The Morgan fingerprint density at radius 3 is 2.58 bits per heavy atom. The summed E-state index contributed by atoms with van der Waals surface area (Å²) in [6, 6.07) is 14.2. The summed E-state index contributed by atoms with van der Waals surface area (Å²) >= 11 is 3.31. The van der Waals surface area contributed by atoms with E-state index < -0.39 is 5.97 Å². The van der Waals surface area contributed by atoms with Gasteiger partial charge in [-0.25, -0.2) is 4.79 Å². The van der Waals surface area contributed by atoms with Gasteiger partial charge in [0, 0.05) is 10.0 Å². The third kappa shape index (κ3) is 3.62. The summed E-state index contributed by atoms with van der Waals surface area (Å²) in [5.41, 5.74) is 1.19. The summed E-state index contributed by atoms with van der Waals surface area (Å²) in [4.78, 5) is 12.0. The summed E-state index contributed by atoms with van der Waals surface area (Å²) in [6.07, 6.45) is 0. The lowest BCUT2D eigenvalue weighted by Gasteiger charge is -2.03. The topological polar surface area (TPSA) is 74.5 Å². The Labute approximate surface area is 146 Å². The van der Waals surface area contributed by atoms with Crippen molar-refractivity contribution in [2.45, 2.75) is 6.61 Å². The van der Waals surface area contributed by atoms with Gasteiger partial charge in [0.25, 0.3) is 5.89 Å². The molecule has 0 spiro atoms. The highest BCUT2D eigenvalue weighted by atomic mass is 79.9. The SMILES string of the molecule is COc1ccc(-c2nnc(COC(=O)c3ccccc3Br)o2)cc1. The van der Waals surface area contributed by atoms with Gasteiger partial charge in [-0.3, -0.25) is 0 Å². The number of carbonyl (C=O) groups is 1. The predicted molar refractivity (Wildman–Crippen MR) is 89.5 cm³/mol. The smallest absolute Gasteiger partial charge is 0.339 e. The van der Waals surface area contributed by atoms with Crippen LogP contribution in [0.4, 0.5) is 0 Å². The van der Waals surface area contributed by atoms with Gasteiger partial charge in [-0.05, 0) is 52.3 Å². The van der Waals surface area contributed by atoms with E-state index >= 15 is 0 Å². The number of halogens is 1. The number of esters is 1. The van der Waals surface area contributed by atoms with Gasteiger partial charge in [-0.1, -0.05) is 12.1 Å². The van der Waals surface area contributed by atoms with Crippen LogP contribution in [-0.4, -0.2) is 23.3 Å². The normalized spacial score (nSPS) is 10.4. The Kier molecular flexibility index (Phi) is 4.90. The highest BCUT2D eigenvalue weighted by Gasteiger charge is 2.14. The molecule has 0 bridgehead atoms. The zero-order valence-electron chi connectivity index (χ0n) is 12.7. The number of ether oxygens (including phenoxy) is 2.